The number of thioether (sulfide) groups is 2. The summed E-state index contributed by atoms with van der Waals surface area (Å²) in [6, 6.07) is -0.973. The van der Waals surface area contributed by atoms with Crippen molar-refractivity contribution in [1.29, 1.82) is 0 Å². The molecule has 2 atom stereocenters. The van der Waals surface area contributed by atoms with Crippen LogP contribution in [0.3, 0.4) is 0 Å². The number of nitrogens with zero attached hydrogens (tertiary/aromatic N) is 5. The zero-order valence-electron chi connectivity index (χ0n) is 18.0. The van der Waals surface area contributed by atoms with E-state index in [1.165, 1.54) is 45.1 Å². The largest absolute Gasteiger partial charge is 0.477 e. The third kappa shape index (κ3) is 5.64. The molecule has 190 valence electrons. The van der Waals surface area contributed by atoms with Crippen molar-refractivity contribution in [3.8, 4) is 0 Å². The van der Waals surface area contributed by atoms with E-state index in [4.69, 9.17) is 16.4 Å². The van der Waals surface area contributed by atoms with E-state index >= 15 is 0 Å². The number of thiazole rings is 1. The first-order chi connectivity index (χ1) is 17.4. The van der Waals surface area contributed by atoms with Crippen LogP contribution >= 0.6 is 57.8 Å². The van der Waals surface area contributed by atoms with Crippen molar-refractivity contribution < 1.29 is 29.1 Å². The van der Waals surface area contributed by atoms with Gasteiger partial charge in [-0.05, 0) is 5.57 Å². The number of carboxylic acids is 1. The molecule has 18 heteroatoms. The van der Waals surface area contributed by atoms with E-state index in [2.05, 4.69) is 31.0 Å². The van der Waals surface area contributed by atoms with Gasteiger partial charge >= 0.3 is 5.97 Å². The molecule has 2 aromatic heterocycles. The molecule has 0 aromatic carbocycles. The van der Waals surface area contributed by atoms with Gasteiger partial charge in [0.25, 0.3) is 11.8 Å². The van der Waals surface area contributed by atoms with Crippen molar-refractivity contribution in [3.63, 3.8) is 0 Å². The van der Waals surface area contributed by atoms with Crippen LogP contribution in [-0.2, 0) is 24.0 Å². The molecule has 0 aliphatic carbocycles. The van der Waals surface area contributed by atoms with Crippen molar-refractivity contribution in [2.24, 2.45) is 5.16 Å². The number of amides is 3. The molecule has 0 saturated carbocycles. The normalized spacial score (nSPS) is 19.4. The molecular formula is C18H16ClN7O6S4. The molecule has 3 amide bonds. The monoisotopic (exact) mass is 589 g/mol. The number of carbonyl (C=O) groups excluding carboxylic acids is 3. The smallest absolute Gasteiger partial charge is 0.352 e. The van der Waals surface area contributed by atoms with Gasteiger partial charge in [0.05, 0.1) is 5.88 Å². The molecule has 1 fully saturated rings. The number of rotatable bonds is 12. The van der Waals surface area contributed by atoms with E-state index in [1.807, 2.05) is 0 Å². The summed E-state index contributed by atoms with van der Waals surface area (Å²) in [5, 5.41) is 27.4. The fourth-order valence-corrected chi connectivity index (χ4v) is 6.92. The number of alkyl halides is 1. The fraction of sp³-hybridized carbons (Fsp3) is 0.333. The van der Waals surface area contributed by atoms with Gasteiger partial charge in [0, 0.05) is 16.9 Å². The first-order valence-corrected chi connectivity index (χ1v) is 14.3. The number of aliphatic carboxylic acids is 1. The number of halogens is 1. The molecule has 1 unspecified atom stereocenters. The van der Waals surface area contributed by atoms with Gasteiger partial charge in [-0.1, -0.05) is 28.3 Å². The zero-order chi connectivity index (χ0) is 25.7. The summed E-state index contributed by atoms with van der Waals surface area (Å²) in [5.41, 5.74) is 1.98. The van der Waals surface area contributed by atoms with Crippen LogP contribution in [0.1, 0.15) is 5.69 Å². The average Bonchev–Trinajstić information content (AvgIpc) is 3.55. The van der Waals surface area contributed by atoms with E-state index in [1.54, 1.807) is 5.51 Å². The number of carbonyl (C=O) groups is 4. The topological polar surface area (TPSA) is 176 Å². The van der Waals surface area contributed by atoms with Gasteiger partial charge in [-0.25, -0.2) is 9.78 Å². The highest BCUT2D eigenvalue weighted by molar-refractivity contribution is 8.01. The Labute approximate surface area is 224 Å². The first-order valence-electron chi connectivity index (χ1n) is 9.96. The summed E-state index contributed by atoms with van der Waals surface area (Å²) >= 11 is 10.7. The number of hydrogen-bond donors (Lipinski definition) is 3. The second kappa shape index (κ2) is 12.0. The number of nitrogens with one attached hydrogen (secondary N) is 2. The molecule has 4 rings (SSSR count). The number of aromatic nitrogens is 3. The van der Waals surface area contributed by atoms with Gasteiger partial charge < -0.3 is 20.6 Å². The van der Waals surface area contributed by atoms with E-state index in [0.717, 1.165) is 11.3 Å². The maximum atomic E-state index is 13.0. The van der Waals surface area contributed by atoms with Crippen LogP contribution in [0.5, 0.6) is 0 Å². The summed E-state index contributed by atoms with van der Waals surface area (Å²) in [5.74, 6) is -1.69. The Morgan fingerprint density at radius 2 is 2.25 bits per heavy atom. The molecule has 13 nitrogen and oxygen atoms in total. The van der Waals surface area contributed by atoms with Crippen molar-refractivity contribution in [3.05, 3.63) is 27.9 Å². The van der Waals surface area contributed by atoms with Crippen LogP contribution in [0.4, 0.5) is 5.13 Å². The summed E-state index contributed by atoms with van der Waals surface area (Å²) in [4.78, 5) is 59.0. The molecule has 36 heavy (non-hydrogen) atoms. The Morgan fingerprint density at radius 3 is 2.94 bits per heavy atom. The van der Waals surface area contributed by atoms with Crippen LogP contribution in [0.15, 0.2) is 31.7 Å². The van der Waals surface area contributed by atoms with Crippen LogP contribution in [0, 0.1) is 0 Å². The quantitative estimate of drug-likeness (QED) is 0.0613. The Morgan fingerprint density at radius 1 is 1.42 bits per heavy atom. The lowest BCUT2D eigenvalue weighted by molar-refractivity contribution is -0.150. The molecular weight excluding hydrogens is 574 g/mol. The minimum atomic E-state index is -1.22. The summed E-state index contributed by atoms with van der Waals surface area (Å²) in [6.07, 6.45) is 0.444. The van der Waals surface area contributed by atoms with Gasteiger partial charge in [-0.15, -0.1) is 44.9 Å². The molecule has 2 aliphatic heterocycles. The van der Waals surface area contributed by atoms with Crippen molar-refractivity contribution in [2.75, 3.05) is 29.3 Å². The fourth-order valence-electron chi connectivity index (χ4n) is 3.23. The number of fused-ring (bicyclic) bond motifs is 1. The number of β-lactam (4-membered cyclic amide) rings is 1. The number of carboxylic acid groups (broad SMARTS) is 1. The molecule has 2 aliphatic rings. The van der Waals surface area contributed by atoms with E-state index in [9.17, 15) is 24.3 Å². The lowest BCUT2D eigenvalue weighted by Crippen LogP contribution is -2.71. The van der Waals surface area contributed by atoms with Crippen molar-refractivity contribution >= 4 is 92.8 Å². The van der Waals surface area contributed by atoms with Crippen LogP contribution in [-0.4, -0.2) is 90.5 Å². The van der Waals surface area contributed by atoms with Crippen LogP contribution in [0.25, 0.3) is 0 Å². The van der Waals surface area contributed by atoms with Crippen LogP contribution in [0.2, 0.25) is 0 Å². The minimum absolute atomic E-state index is 0.0289. The third-order valence-corrected chi connectivity index (χ3v) is 8.93. The first kappa shape index (κ1) is 26.3. The summed E-state index contributed by atoms with van der Waals surface area (Å²) in [7, 11) is 0. The Balaban J connectivity index is 1.49. The van der Waals surface area contributed by atoms with Crippen LogP contribution < -0.4 is 10.6 Å². The van der Waals surface area contributed by atoms with Gasteiger partial charge in [0.15, 0.2) is 15.2 Å². The lowest BCUT2D eigenvalue weighted by Gasteiger charge is -2.49. The standard InChI is InChI=1S/C18H16ClN7O6S4/c19-1-2-32-25-10(9-5-34-17(22-9)20-6-27)13(28)23-11-14(29)26-12(16(30)31)8(3-33-15(11)26)4-35-18-24-21-7-36-18/h5-7,11,15H,1-4H2,(H,23,28)(H,30,31)(H,20,22,27)/b25-10-/t11?,15-/m1/s1. The molecule has 0 radical (unpaired) electrons. The maximum Gasteiger partial charge on any atom is 0.352 e. The van der Waals surface area contributed by atoms with Crippen molar-refractivity contribution in [1.82, 2.24) is 25.4 Å². The second-order valence-electron chi connectivity index (χ2n) is 6.87. The Bertz CT molecular complexity index is 1220. The number of oxime groups is 1. The second-order valence-corrected chi connectivity index (χ2v) is 11.3. The third-order valence-electron chi connectivity index (χ3n) is 4.71. The molecule has 0 bridgehead atoms. The van der Waals surface area contributed by atoms with Gasteiger partial charge in [-0.2, -0.15) is 0 Å². The highest BCUT2D eigenvalue weighted by atomic mass is 35.5. The average molecular weight is 590 g/mol. The zero-order valence-corrected chi connectivity index (χ0v) is 22.0. The molecule has 2 aromatic rings. The predicted octanol–water partition coefficient (Wildman–Crippen LogP) is 1.05. The minimum Gasteiger partial charge on any atom is -0.477 e. The Kier molecular flexibility index (Phi) is 8.78. The molecule has 1 saturated heterocycles. The highest BCUT2D eigenvalue weighted by Crippen LogP contribution is 2.41. The number of anilines is 1. The number of hydrogen-bond acceptors (Lipinski definition) is 13. The molecule has 3 N–H and O–H groups in total. The molecule has 4 heterocycles. The summed E-state index contributed by atoms with van der Waals surface area (Å²) < 4.78 is 0.691. The Hall–Kier alpha value is -2.73. The van der Waals surface area contributed by atoms with E-state index in [-0.39, 0.29) is 34.7 Å². The van der Waals surface area contributed by atoms with E-state index < -0.39 is 29.2 Å². The van der Waals surface area contributed by atoms with Crippen molar-refractivity contribution in [2.45, 2.75) is 15.8 Å². The van der Waals surface area contributed by atoms with Gasteiger partial charge in [-0.3, -0.25) is 19.3 Å². The molecule has 0 spiro atoms. The SMILES string of the molecule is O=CNc1nc(/C(=N/OCCCl)C(=O)NC2C(=O)N3C(C(=O)O)=C(CSc4nncs4)CS[C@H]23)cs1. The van der Waals surface area contributed by atoms with Gasteiger partial charge in [0.1, 0.15) is 34.9 Å². The summed E-state index contributed by atoms with van der Waals surface area (Å²) in [6.45, 7) is 0.0289. The lowest BCUT2D eigenvalue weighted by atomic mass is 10.0. The van der Waals surface area contributed by atoms with E-state index in [0.29, 0.717) is 27.8 Å². The highest BCUT2D eigenvalue weighted by Gasteiger charge is 2.54. The van der Waals surface area contributed by atoms with Gasteiger partial charge in [0.2, 0.25) is 6.41 Å². The maximum absolute atomic E-state index is 13.0. The predicted molar refractivity (Wildman–Crippen MR) is 135 cm³/mol.